The third kappa shape index (κ3) is 5.10. The summed E-state index contributed by atoms with van der Waals surface area (Å²) in [5, 5.41) is 4.68. The van der Waals surface area contributed by atoms with Crippen LogP contribution in [0.5, 0.6) is 5.88 Å². The molecule has 0 saturated heterocycles. The molecule has 26 heavy (non-hydrogen) atoms. The van der Waals surface area contributed by atoms with Gasteiger partial charge in [-0.3, -0.25) is 0 Å². The first kappa shape index (κ1) is 20.0. The highest BCUT2D eigenvalue weighted by Crippen LogP contribution is 2.30. The maximum absolute atomic E-state index is 6.02. The van der Waals surface area contributed by atoms with E-state index in [9.17, 15) is 0 Å². The Morgan fingerprint density at radius 2 is 1.69 bits per heavy atom. The lowest BCUT2D eigenvalue weighted by molar-refractivity contribution is 0.273. The van der Waals surface area contributed by atoms with E-state index in [1.807, 2.05) is 41.2 Å². The normalized spacial score (nSPS) is 10.6. The van der Waals surface area contributed by atoms with Gasteiger partial charge in [0.05, 0.1) is 17.9 Å². The molecule has 3 rings (SSSR count). The van der Waals surface area contributed by atoms with Gasteiger partial charge in [-0.15, -0.1) is 17.5 Å². The molecule has 1 heterocycles. The van der Waals surface area contributed by atoms with Crippen molar-refractivity contribution in [3.05, 3.63) is 66.4 Å². The van der Waals surface area contributed by atoms with Crippen molar-refractivity contribution < 1.29 is 4.74 Å². The Morgan fingerprint density at radius 1 is 1.00 bits per heavy atom. The quantitative estimate of drug-likeness (QED) is 0.568. The Morgan fingerprint density at radius 3 is 2.35 bits per heavy atom. The zero-order valence-corrected chi connectivity index (χ0v) is 16.4. The van der Waals surface area contributed by atoms with Gasteiger partial charge in [-0.25, -0.2) is 4.68 Å². The maximum atomic E-state index is 6.02. The van der Waals surface area contributed by atoms with Crippen molar-refractivity contribution in [2.75, 3.05) is 27.2 Å². The lowest BCUT2D eigenvalue weighted by atomic mass is 10.1. The minimum absolute atomic E-state index is 0. The first-order chi connectivity index (χ1) is 12.1. The molecule has 2 aromatic carbocycles. The van der Waals surface area contributed by atoms with E-state index in [1.165, 1.54) is 5.56 Å². The smallest absolute Gasteiger partial charge is 0.241 e. The fraction of sp³-hybridized carbons (Fsp3) is 0.286. The van der Waals surface area contributed by atoms with Crippen LogP contribution in [0.15, 0.2) is 60.8 Å². The number of nitrogens with zero attached hydrogens (tertiary/aromatic N) is 3. The number of hydrogen-bond donors (Lipinski definition) is 0. The zero-order chi connectivity index (χ0) is 17.6. The van der Waals surface area contributed by atoms with Gasteiger partial charge in [0.15, 0.2) is 0 Å². The summed E-state index contributed by atoms with van der Waals surface area (Å²) >= 11 is 0. The van der Waals surface area contributed by atoms with Crippen LogP contribution >= 0.6 is 12.4 Å². The summed E-state index contributed by atoms with van der Waals surface area (Å²) in [6.07, 6.45) is 3.01. The fourth-order valence-electron chi connectivity index (χ4n) is 2.66. The molecule has 0 aliphatic heterocycles. The van der Waals surface area contributed by atoms with Gasteiger partial charge < -0.3 is 9.64 Å². The molecule has 138 valence electrons. The minimum atomic E-state index is 0. The molecule has 1 aromatic heterocycles. The van der Waals surface area contributed by atoms with Crippen LogP contribution in [-0.4, -0.2) is 41.9 Å². The van der Waals surface area contributed by atoms with Gasteiger partial charge >= 0.3 is 0 Å². The molecule has 5 heteroatoms. The van der Waals surface area contributed by atoms with Crippen molar-refractivity contribution in [1.29, 1.82) is 0 Å². The van der Waals surface area contributed by atoms with Crippen molar-refractivity contribution in [1.82, 2.24) is 14.7 Å². The fourth-order valence-corrected chi connectivity index (χ4v) is 2.66. The van der Waals surface area contributed by atoms with Crippen LogP contribution in [-0.2, 0) is 0 Å². The van der Waals surface area contributed by atoms with Crippen LogP contribution in [0, 0.1) is 6.92 Å². The molecule has 0 aliphatic carbocycles. The van der Waals surface area contributed by atoms with E-state index in [-0.39, 0.29) is 12.4 Å². The van der Waals surface area contributed by atoms with Crippen molar-refractivity contribution in [3.8, 4) is 22.7 Å². The molecule has 0 atom stereocenters. The highest BCUT2D eigenvalue weighted by Gasteiger charge is 2.13. The molecule has 0 N–H and O–H groups in total. The third-order valence-electron chi connectivity index (χ3n) is 4.05. The predicted octanol–water partition coefficient (Wildman–Crippen LogP) is 4.60. The molecule has 3 aromatic rings. The second kappa shape index (κ2) is 9.41. The van der Waals surface area contributed by atoms with Crippen molar-refractivity contribution in [2.24, 2.45) is 0 Å². The Labute approximate surface area is 161 Å². The van der Waals surface area contributed by atoms with Gasteiger partial charge in [0.2, 0.25) is 5.88 Å². The first-order valence-electron chi connectivity index (χ1n) is 8.63. The number of halogens is 1. The molecule has 0 bridgehead atoms. The standard InChI is InChI=1S/C21H25N3O.ClH/c1-17-10-12-18(13-11-17)20-16-24(19-8-5-4-6-9-19)22-21(20)25-15-7-14-23(2)3;/h4-6,8-13,16H,7,14-15H2,1-3H3;1H. The highest BCUT2D eigenvalue weighted by atomic mass is 35.5. The van der Waals surface area contributed by atoms with Gasteiger partial charge in [-0.05, 0) is 45.1 Å². The Bertz CT molecular complexity index is 798. The number of aryl methyl sites for hydroxylation is 1. The minimum Gasteiger partial charge on any atom is -0.476 e. The van der Waals surface area contributed by atoms with E-state index in [0.29, 0.717) is 12.5 Å². The molecular weight excluding hydrogens is 346 g/mol. The summed E-state index contributed by atoms with van der Waals surface area (Å²) in [7, 11) is 4.14. The van der Waals surface area contributed by atoms with Crippen LogP contribution in [0.2, 0.25) is 0 Å². The number of hydrogen-bond acceptors (Lipinski definition) is 3. The number of aromatic nitrogens is 2. The molecule has 0 spiro atoms. The average molecular weight is 372 g/mol. The highest BCUT2D eigenvalue weighted by molar-refractivity contribution is 5.85. The summed E-state index contributed by atoms with van der Waals surface area (Å²) in [5.41, 5.74) is 4.41. The summed E-state index contributed by atoms with van der Waals surface area (Å²) in [6.45, 7) is 3.75. The number of ether oxygens (including phenoxy) is 1. The Hall–Kier alpha value is -2.30. The Kier molecular flexibility index (Phi) is 7.25. The number of benzene rings is 2. The van der Waals surface area contributed by atoms with Crippen LogP contribution in [0.4, 0.5) is 0 Å². The molecule has 0 unspecified atom stereocenters. The number of rotatable bonds is 7. The molecule has 4 nitrogen and oxygen atoms in total. The van der Waals surface area contributed by atoms with Crippen molar-refractivity contribution >= 4 is 12.4 Å². The van der Waals surface area contributed by atoms with Gasteiger partial charge in [0.25, 0.3) is 0 Å². The van der Waals surface area contributed by atoms with E-state index < -0.39 is 0 Å². The van der Waals surface area contributed by atoms with E-state index in [0.717, 1.165) is 29.8 Å². The van der Waals surface area contributed by atoms with Crippen LogP contribution in [0.1, 0.15) is 12.0 Å². The molecule has 0 aliphatic rings. The Balaban J connectivity index is 0.00000243. The van der Waals surface area contributed by atoms with Crippen molar-refractivity contribution in [3.63, 3.8) is 0 Å². The lowest BCUT2D eigenvalue weighted by Gasteiger charge is -2.10. The van der Waals surface area contributed by atoms with Gasteiger partial charge in [0, 0.05) is 12.7 Å². The van der Waals surface area contributed by atoms with Crippen molar-refractivity contribution in [2.45, 2.75) is 13.3 Å². The van der Waals surface area contributed by atoms with Gasteiger partial charge in [0.1, 0.15) is 0 Å². The van der Waals surface area contributed by atoms with E-state index >= 15 is 0 Å². The lowest BCUT2D eigenvalue weighted by Crippen LogP contribution is -2.15. The maximum Gasteiger partial charge on any atom is 0.241 e. The molecular formula is C21H26ClN3O. The summed E-state index contributed by atoms with van der Waals surface area (Å²) in [4.78, 5) is 2.16. The SMILES string of the molecule is Cc1ccc(-c2cn(-c3ccccc3)nc2OCCCN(C)C)cc1.Cl. The van der Waals surface area contributed by atoms with Crippen LogP contribution < -0.4 is 4.74 Å². The van der Waals surface area contributed by atoms with Gasteiger partial charge in [-0.2, -0.15) is 0 Å². The molecule has 0 amide bonds. The zero-order valence-electron chi connectivity index (χ0n) is 15.6. The van der Waals surface area contributed by atoms with E-state index in [1.54, 1.807) is 0 Å². The van der Waals surface area contributed by atoms with Gasteiger partial charge in [-0.1, -0.05) is 48.0 Å². The first-order valence-corrected chi connectivity index (χ1v) is 8.63. The van der Waals surface area contributed by atoms with Crippen LogP contribution in [0.25, 0.3) is 16.8 Å². The topological polar surface area (TPSA) is 30.3 Å². The van der Waals surface area contributed by atoms with Crippen LogP contribution in [0.3, 0.4) is 0 Å². The summed E-state index contributed by atoms with van der Waals surface area (Å²) in [6, 6.07) is 18.6. The molecule has 0 fully saturated rings. The third-order valence-corrected chi connectivity index (χ3v) is 4.05. The summed E-state index contributed by atoms with van der Waals surface area (Å²) < 4.78 is 7.90. The largest absolute Gasteiger partial charge is 0.476 e. The second-order valence-corrected chi connectivity index (χ2v) is 6.50. The molecule has 0 radical (unpaired) electrons. The average Bonchev–Trinajstić information content (AvgIpc) is 3.04. The van der Waals surface area contributed by atoms with E-state index in [2.05, 4.69) is 55.3 Å². The number of para-hydroxylation sites is 1. The predicted molar refractivity (Wildman–Crippen MR) is 110 cm³/mol. The second-order valence-electron chi connectivity index (χ2n) is 6.50. The summed E-state index contributed by atoms with van der Waals surface area (Å²) in [5.74, 6) is 0.687. The monoisotopic (exact) mass is 371 g/mol. The van der Waals surface area contributed by atoms with E-state index in [4.69, 9.17) is 4.74 Å². The molecule has 0 saturated carbocycles.